The zero-order chi connectivity index (χ0) is 31.7. The van der Waals surface area contributed by atoms with E-state index in [0.29, 0.717) is 16.1 Å². The molecule has 0 unspecified atom stereocenters. The Morgan fingerprint density at radius 2 is 1.79 bits per heavy atom. The number of carbonyl (C=O) groups excluding carboxylic acids is 3. The minimum atomic E-state index is -1.78. The SMILES string of the molecule is COC(=O)N[C@H](C(=O)O[C@H](CN(Cc1ccc(-c2cc(Cl)ccc2F)cc1)NC(=O)c1cc(OC)no1)C(=O)O)C(C)C. The number of hydrogen-bond acceptors (Lipinski definition) is 10. The number of aromatic nitrogens is 1. The zero-order valence-electron chi connectivity index (χ0n) is 23.6. The molecule has 2 atom stereocenters. The van der Waals surface area contributed by atoms with Gasteiger partial charge in [0.2, 0.25) is 11.9 Å². The molecule has 0 aliphatic heterocycles. The van der Waals surface area contributed by atoms with E-state index in [4.69, 9.17) is 25.6 Å². The van der Waals surface area contributed by atoms with Gasteiger partial charge in [0, 0.05) is 17.1 Å². The average Bonchev–Trinajstić information content (AvgIpc) is 3.46. The first-order valence-corrected chi connectivity index (χ1v) is 13.2. The predicted molar refractivity (Wildman–Crippen MR) is 149 cm³/mol. The summed E-state index contributed by atoms with van der Waals surface area (Å²) in [6.45, 7) is 2.64. The van der Waals surface area contributed by atoms with Crippen LogP contribution in [0.2, 0.25) is 5.02 Å². The van der Waals surface area contributed by atoms with Crippen molar-refractivity contribution in [3.8, 4) is 17.0 Å². The summed E-state index contributed by atoms with van der Waals surface area (Å²) in [5.41, 5.74) is 3.90. The van der Waals surface area contributed by atoms with Crippen molar-refractivity contribution in [3.05, 3.63) is 70.7 Å². The number of hydrogen-bond donors (Lipinski definition) is 3. The lowest BCUT2D eigenvalue weighted by Gasteiger charge is -2.27. The topological polar surface area (TPSA) is 170 Å². The molecular formula is C28H30ClFN4O9. The summed E-state index contributed by atoms with van der Waals surface area (Å²) >= 11 is 6.01. The molecule has 1 heterocycles. The average molecular weight is 621 g/mol. The molecule has 3 N–H and O–H groups in total. The number of rotatable bonds is 13. The molecule has 15 heteroatoms. The van der Waals surface area contributed by atoms with Crippen molar-refractivity contribution < 1.29 is 47.4 Å². The van der Waals surface area contributed by atoms with Crippen LogP contribution < -0.4 is 15.5 Å². The van der Waals surface area contributed by atoms with Crippen molar-refractivity contribution in [2.24, 2.45) is 5.92 Å². The summed E-state index contributed by atoms with van der Waals surface area (Å²) in [6, 6.07) is 10.7. The minimum Gasteiger partial charge on any atom is -0.479 e. The number of halogens is 2. The van der Waals surface area contributed by atoms with Gasteiger partial charge in [0.15, 0.2) is 0 Å². The van der Waals surface area contributed by atoms with E-state index in [-0.39, 0.29) is 23.7 Å². The van der Waals surface area contributed by atoms with Crippen molar-refractivity contribution >= 4 is 35.5 Å². The summed E-state index contributed by atoms with van der Waals surface area (Å²) in [7, 11) is 2.44. The second-order valence-corrected chi connectivity index (χ2v) is 9.93. The fourth-order valence-corrected chi connectivity index (χ4v) is 3.97. The number of methoxy groups -OCH3 is 2. The molecule has 0 aliphatic rings. The van der Waals surface area contributed by atoms with Crippen LogP contribution in [0.25, 0.3) is 11.1 Å². The van der Waals surface area contributed by atoms with Crippen molar-refractivity contribution in [2.75, 3.05) is 20.8 Å². The lowest BCUT2D eigenvalue weighted by atomic mass is 10.0. The van der Waals surface area contributed by atoms with Gasteiger partial charge in [-0.1, -0.05) is 49.7 Å². The van der Waals surface area contributed by atoms with Gasteiger partial charge in [0.1, 0.15) is 11.9 Å². The fraction of sp³-hybridized carbons (Fsp3) is 0.321. The van der Waals surface area contributed by atoms with Gasteiger partial charge < -0.3 is 29.2 Å². The Bertz CT molecular complexity index is 1450. The van der Waals surface area contributed by atoms with E-state index >= 15 is 0 Å². The van der Waals surface area contributed by atoms with E-state index in [1.165, 1.54) is 36.4 Å². The molecule has 3 rings (SSSR count). The third-order valence-electron chi connectivity index (χ3n) is 6.05. The highest BCUT2D eigenvalue weighted by Crippen LogP contribution is 2.26. The maximum atomic E-state index is 14.4. The number of alkyl carbamates (subject to hydrolysis) is 1. The number of aliphatic carboxylic acids is 1. The van der Waals surface area contributed by atoms with Gasteiger partial charge >= 0.3 is 23.9 Å². The smallest absolute Gasteiger partial charge is 0.407 e. The first kappa shape index (κ1) is 32.8. The molecule has 2 amide bonds. The quantitative estimate of drug-likeness (QED) is 0.188. The standard InChI is InChI=1S/C28H30ClFN4O9/c1-15(2)24(31-28(39)41-4)27(38)42-22(26(36)37)14-34(32-25(35)21-12-23(40-3)33-43-21)13-16-5-7-17(8-6-16)19-11-18(29)9-10-20(19)30/h5-12,15,22,24H,13-14H2,1-4H3,(H,31,39)(H,32,35)(H,36,37)/t22-,24+/m1/s1. The Kier molecular flexibility index (Phi) is 11.4. The molecule has 0 spiro atoms. The first-order valence-electron chi connectivity index (χ1n) is 12.8. The Labute approximate surface area is 250 Å². The fourth-order valence-electron chi connectivity index (χ4n) is 3.80. The van der Waals surface area contributed by atoms with E-state index in [1.54, 1.807) is 38.1 Å². The minimum absolute atomic E-state index is 0.0377. The predicted octanol–water partition coefficient (Wildman–Crippen LogP) is 3.67. The largest absolute Gasteiger partial charge is 0.479 e. The number of carbonyl (C=O) groups is 4. The third kappa shape index (κ3) is 9.15. The van der Waals surface area contributed by atoms with Crippen LogP contribution in [-0.4, -0.2) is 72.1 Å². The molecule has 0 radical (unpaired) electrons. The van der Waals surface area contributed by atoms with Gasteiger partial charge in [-0.05, 0) is 40.4 Å². The van der Waals surface area contributed by atoms with Gasteiger partial charge in [0.05, 0.1) is 26.8 Å². The molecular weight excluding hydrogens is 591 g/mol. The molecule has 13 nitrogen and oxygen atoms in total. The summed E-state index contributed by atoms with van der Waals surface area (Å²) in [5, 5.41) is 17.3. The zero-order valence-corrected chi connectivity index (χ0v) is 24.4. The second-order valence-electron chi connectivity index (χ2n) is 9.50. The second kappa shape index (κ2) is 15.0. The highest BCUT2D eigenvalue weighted by molar-refractivity contribution is 6.30. The van der Waals surface area contributed by atoms with Crippen LogP contribution in [0.3, 0.4) is 0 Å². The number of ether oxygens (including phenoxy) is 3. The molecule has 230 valence electrons. The molecule has 0 fully saturated rings. The van der Waals surface area contributed by atoms with Gasteiger partial charge in [-0.25, -0.2) is 23.8 Å². The summed E-state index contributed by atoms with van der Waals surface area (Å²) in [6.07, 6.45) is -2.68. The number of nitrogens with one attached hydrogen (secondary N) is 2. The molecule has 1 aromatic heterocycles. The van der Waals surface area contributed by atoms with Gasteiger partial charge in [-0.2, -0.15) is 0 Å². The van der Waals surface area contributed by atoms with Crippen LogP contribution >= 0.6 is 11.6 Å². The van der Waals surface area contributed by atoms with E-state index in [1.807, 2.05) is 0 Å². The number of hydrazine groups is 1. The van der Waals surface area contributed by atoms with Crippen molar-refractivity contribution in [3.63, 3.8) is 0 Å². The number of amides is 2. The summed E-state index contributed by atoms with van der Waals surface area (Å²) < 4.78 is 34.0. The van der Waals surface area contributed by atoms with E-state index in [0.717, 1.165) is 7.11 Å². The molecule has 0 aliphatic carbocycles. The third-order valence-corrected chi connectivity index (χ3v) is 6.28. The number of carboxylic acid groups (broad SMARTS) is 1. The van der Waals surface area contributed by atoms with Gasteiger partial charge in [-0.3, -0.25) is 10.2 Å². The van der Waals surface area contributed by atoms with Crippen LogP contribution in [0.5, 0.6) is 5.88 Å². The number of benzene rings is 2. The van der Waals surface area contributed by atoms with E-state index in [9.17, 15) is 28.7 Å². The Morgan fingerprint density at radius 3 is 2.37 bits per heavy atom. The van der Waals surface area contributed by atoms with Crippen molar-refractivity contribution in [2.45, 2.75) is 32.5 Å². The molecule has 0 saturated heterocycles. The van der Waals surface area contributed by atoms with Crippen LogP contribution in [0.15, 0.2) is 53.1 Å². The molecule has 0 bridgehead atoms. The molecule has 43 heavy (non-hydrogen) atoms. The normalized spacial score (nSPS) is 12.4. The monoisotopic (exact) mass is 620 g/mol. The maximum Gasteiger partial charge on any atom is 0.407 e. The van der Waals surface area contributed by atoms with Crippen molar-refractivity contribution in [1.29, 1.82) is 0 Å². The van der Waals surface area contributed by atoms with Crippen molar-refractivity contribution in [1.82, 2.24) is 20.9 Å². The molecule has 2 aromatic carbocycles. The van der Waals surface area contributed by atoms with Crippen LogP contribution in [0.1, 0.15) is 30.0 Å². The maximum absolute atomic E-state index is 14.4. The highest BCUT2D eigenvalue weighted by atomic mass is 35.5. The van der Waals surface area contributed by atoms with Crippen LogP contribution in [-0.2, 0) is 25.6 Å². The Morgan fingerprint density at radius 1 is 1.09 bits per heavy atom. The van der Waals surface area contributed by atoms with Crippen LogP contribution in [0.4, 0.5) is 9.18 Å². The lowest BCUT2D eigenvalue weighted by molar-refractivity contribution is -0.167. The molecule has 3 aromatic rings. The van der Waals surface area contributed by atoms with E-state index in [2.05, 4.69) is 20.6 Å². The number of nitrogens with zero attached hydrogens (tertiary/aromatic N) is 2. The molecule has 0 saturated carbocycles. The lowest BCUT2D eigenvalue weighted by Crippen LogP contribution is -2.51. The summed E-state index contributed by atoms with van der Waals surface area (Å²) in [5.74, 6) is -4.47. The Hall–Kier alpha value is -4.69. The first-order chi connectivity index (χ1) is 20.4. The van der Waals surface area contributed by atoms with E-state index < -0.39 is 54.4 Å². The van der Waals surface area contributed by atoms with Gasteiger partial charge in [-0.15, -0.1) is 0 Å². The number of carboxylic acids is 1. The number of esters is 1. The van der Waals surface area contributed by atoms with Crippen LogP contribution in [0, 0.1) is 11.7 Å². The van der Waals surface area contributed by atoms with Gasteiger partial charge in [0.25, 0.3) is 5.88 Å². The highest BCUT2D eigenvalue weighted by Gasteiger charge is 2.33. The Balaban J connectivity index is 1.85. The summed E-state index contributed by atoms with van der Waals surface area (Å²) in [4.78, 5) is 49.6.